The lowest BCUT2D eigenvalue weighted by Gasteiger charge is -2.14. The van der Waals surface area contributed by atoms with E-state index in [1.807, 2.05) is 18.2 Å². The normalized spacial score (nSPS) is 16.4. The molecule has 94 valence electrons. The van der Waals surface area contributed by atoms with Gasteiger partial charge >= 0.3 is 5.97 Å². The number of hydrogen-bond acceptors (Lipinski definition) is 3. The van der Waals surface area contributed by atoms with Crippen molar-refractivity contribution in [3.8, 4) is 0 Å². The smallest absolute Gasteiger partial charge is 0.357 e. The van der Waals surface area contributed by atoms with Crippen molar-refractivity contribution >= 4 is 16.9 Å². The number of benzene rings is 1. The third-order valence-corrected chi connectivity index (χ3v) is 3.43. The number of aromatic carboxylic acids is 1. The number of rotatable bonds is 3. The summed E-state index contributed by atoms with van der Waals surface area (Å²) in [7, 11) is 0. The zero-order chi connectivity index (χ0) is 12.5. The molecule has 2 heterocycles. The highest BCUT2D eigenvalue weighted by Crippen LogP contribution is 2.20. The molecule has 0 spiro atoms. The number of carboxylic acid groups (broad SMARTS) is 1. The predicted molar refractivity (Wildman–Crippen MR) is 67.6 cm³/mol. The quantitative estimate of drug-likeness (QED) is 0.866. The van der Waals surface area contributed by atoms with Crippen LogP contribution in [-0.2, 0) is 6.54 Å². The minimum absolute atomic E-state index is 0.105. The van der Waals surface area contributed by atoms with E-state index in [-0.39, 0.29) is 5.69 Å². The molecule has 18 heavy (non-hydrogen) atoms. The van der Waals surface area contributed by atoms with E-state index in [1.54, 1.807) is 0 Å². The first kappa shape index (κ1) is 11.2. The van der Waals surface area contributed by atoms with E-state index in [0.717, 1.165) is 30.7 Å². The molecule has 0 aliphatic carbocycles. The van der Waals surface area contributed by atoms with Crippen LogP contribution in [0.5, 0.6) is 0 Å². The van der Waals surface area contributed by atoms with Crippen molar-refractivity contribution in [3.63, 3.8) is 0 Å². The Morgan fingerprint density at radius 3 is 2.89 bits per heavy atom. The Morgan fingerprint density at radius 2 is 2.17 bits per heavy atom. The molecule has 0 atom stereocenters. The number of nitrogens with one attached hydrogen (secondary N) is 1. The Labute approximate surface area is 104 Å². The van der Waals surface area contributed by atoms with Gasteiger partial charge in [0.1, 0.15) is 0 Å². The van der Waals surface area contributed by atoms with Gasteiger partial charge in [0.2, 0.25) is 0 Å². The van der Waals surface area contributed by atoms with Crippen LogP contribution in [0, 0.1) is 0 Å². The zero-order valence-electron chi connectivity index (χ0n) is 10.0. The minimum atomic E-state index is -0.987. The molecule has 1 saturated heterocycles. The number of aromatic amines is 1. The standard InChI is InChI=1S/C13H15N3O2/c17-13(18)12-10-7-9(3-4-11(10)14-15-12)8-16-5-1-2-6-16/h3-4,7H,1-2,5-6,8H2,(H,14,15)(H,17,18). The molecule has 3 rings (SSSR count). The Bertz CT molecular complexity index is 585. The van der Waals surface area contributed by atoms with Crippen molar-refractivity contribution in [2.75, 3.05) is 13.1 Å². The van der Waals surface area contributed by atoms with Crippen LogP contribution in [0.15, 0.2) is 18.2 Å². The van der Waals surface area contributed by atoms with Gasteiger partial charge in [0.15, 0.2) is 5.69 Å². The molecule has 1 fully saturated rings. The van der Waals surface area contributed by atoms with Crippen molar-refractivity contribution in [2.24, 2.45) is 0 Å². The molecule has 0 bridgehead atoms. The van der Waals surface area contributed by atoms with Gasteiger partial charge in [-0.25, -0.2) is 4.79 Å². The van der Waals surface area contributed by atoms with E-state index in [9.17, 15) is 4.79 Å². The van der Waals surface area contributed by atoms with E-state index < -0.39 is 5.97 Å². The number of H-pyrrole nitrogens is 1. The second-order valence-electron chi connectivity index (χ2n) is 4.74. The number of carboxylic acids is 1. The van der Waals surface area contributed by atoms with Crippen LogP contribution in [0.2, 0.25) is 0 Å². The van der Waals surface area contributed by atoms with Gasteiger partial charge in [-0.1, -0.05) is 6.07 Å². The number of carbonyl (C=O) groups is 1. The molecule has 0 unspecified atom stereocenters. The van der Waals surface area contributed by atoms with Crippen molar-refractivity contribution < 1.29 is 9.90 Å². The molecular formula is C13H15N3O2. The summed E-state index contributed by atoms with van der Waals surface area (Å²) >= 11 is 0. The lowest BCUT2D eigenvalue weighted by atomic mass is 10.1. The maximum Gasteiger partial charge on any atom is 0.357 e. The van der Waals surface area contributed by atoms with Gasteiger partial charge in [0.05, 0.1) is 5.52 Å². The summed E-state index contributed by atoms with van der Waals surface area (Å²) < 4.78 is 0. The Hall–Kier alpha value is -1.88. The van der Waals surface area contributed by atoms with Crippen LogP contribution in [0.4, 0.5) is 0 Å². The molecule has 5 nitrogen and oxygen atoms in total. The first-order valence-corrected chi connectivity index (χ1v) is 6.17. The van der Waals surface area contributed by atoms with Crippen LogP contribution < -0.4 is 0 Å². The second-order valence-corrected chi connectivity index (χ2v) is 4.74. The second kappa shape index (κ2) is 4.42. The third-order valence-electron chi connectivity index (χ3n) is 3.43. The van der Waals surface area contributed by atoms with E-state index in [2.05, 4.69) is 15.1 Å². The Balaban J connectivity index is 1.93. The Kier molecular flexibility index (Phi) is 2.76. The van der Waals surface area contributed by atoms with Gasteiger partial charge in [-0.05, 0) is 43.6 Å². The summed E-state index contributed by atoms with van der Waals surface area (Å²) in [6, 6.07) is 5.87. The zero-order valence-corrected chi connectivity index (χ0v) is 10.0. The average molecular weight is 245 g/mol. The molecule has 1 aliphatic rings. The van der Waals surface area contributed by atoms with Gasteiger partial charge in [0, 0.05) is 11.9 Å². The molecule has 0 amide bonds. The molecule has 0 saturated carbocycles. The van der Waals surface area contributed by atoms with Crippen LogP contribution in [0.1, 0.15) is 28.9 Å². The molecule has 5 heteroatoms. The fourth-order valence-electron chi connectivity index (χ4n) is 2.52. The number of fused-ring (bicyclic) bond motifs is 1. The number of aromatic nitrogens is 2. The molecular weight excluding hydrogens is 230 g/mol. The fraction of sp³-hybridized carbons (Fsp3) is 0.385. The summed E-state index contributed by atoms with van der Waals surface area (Å²) in [5.74, 6) is -0.987. The lowest BCUT2D eigenvalue weighted by Crippen LogP contribution is -2.18. The highest BCUT2D eigenvalue weighted by atomic mass is 16.4. The highest BCUT2D eigenvalue weighted by Gasteiger charge is 2.15. The topological polar surface area (TPSA) is 69.2 Å². The van der Waals surface area contributed by atoms with Crippen molar-refractivity contribution in [1.29, 1.82) is 0 Å². The third kappa shape index (κ3) is 1.97. The van der Waals surface area contributed by atoms with Crippen LogP contribution in [0.25, 0.3) is 10.9 Å². The van der Waals surface area contributed by atoms with E-state index >= 15 is 0 Å². The molecule has 1 aliphatic heterocycles. The maximum atomic E-state index is 11.0. The van der Waals surface area contributed by atoms with Gasteiger partial charge < -0.3 is 5.11 Å². The van der Waals surface area contributed by atoms with Gasteiger partial charge in [-0.2, -0.15) is 5.10 Å². The molecule has 2 aromatic rings. The molecule has 1 aromatic carbocycles. The summed E-state index contributed by atoms with van der Waals surface area (Å²) in [4.78, 5) is 13.4. The molecule has 1 aromatic heterocycles. The van der Waals surface area contributed by atoms with Crippen molar-refractivity contribution in [2.45, 2.75) is 19.4 Å². The fourth-order valence-corrected chi connectivity index (χ4v) is 2.52. The maximum absolute atomic E-state index is 11.0. The van der Waals surface area contributed by atoms with Crippen LogP contribution >= 0.6 is 0 Å². The predicted octanol–water partition coefficient (Wildman–Crippen LogP) is 1.86. The number of hydrogen-bond donors (Lipinski definition) is 2. The highest BCUT2D eigenvalue weighted by molar-refractivity contribution is 6.01. The average Bonchev–Trinajstić information content (AvgIpc) is 2.97. The summed E-state index contributed by atoms with van der Waals surface area (Å²) in [6.45, 7) is 3.16. The van der Waals surface area contributed by atoms with Gasteiger partial charge in [0.25, 0.3) is 0 Å². The number of likely N-dealkylation sites (tertiary alicyclic amines) is 1. The van der Waals surface area contributed by atoms with Crippen LogP contribution in [-0.4, -0.2) is 39.3 Å². The van der Waals surface area contributed by atoms with E-state index in [4.69, 9.17) is 5.11 Å². The lowest BCUT2D eigenvalue weighted by molar-refractivity contribution is 0.0692. The summed E-state index contributed by atoms with van der Waals surface area (Å²) in [6.07, 6.45) is 2.52. The van der Waals surface area contributed by atoms with E-state index in [1.165, 1.54) is 12.8 Å². The van der Waals surface area contributed by atoms with Crippen molar-refractivity contribution in [1.82, 2.24) is 15.1 Å². The number of nitrogens with zero attached hydrogens (tertiary/aromatic N) is 2. The summed E-state index contributed by atoms with van der Waals surface area (Å²) in [5, 5.41) is 16.3. The first-order chi connectivity index (χ1) is 8.74. The Morgan fingerprint density at radius 1 is 1.39 bits per heavy atom. The van der Waals surface area contributed by atoms with Gasteiger partial charge in [-0.3, -0.25) is 10.00 Å². The SMILES string of the molecule is O=C(O)c1n[nH]c2ccc(CN3CCCC3)cc12. The monoisotopic (exact) mass is 245 g/mol. The first-order valence-electron chi connectivity index (χ1n) is 6.17. The molecule has 2 N–H and O–H groups in total. The largest absolute Gasteiger partial charge is 0.476 e. The summed E-state index contributed by atoms with van der Waals surface area (Å²) in [5.41, 5.74) is 2.03. The molecule has 0 radical (unpaired) electrons. The van der Waals surface area contributed by atoms with Crippen LogP contribution in [0.3, 0.4) is 0 Å². The van der Waals surface area contributed by atoms with Crippen molar-refractivity contribution in [3.05, 3.63) is 29.5 Å². The minimum Gasteiger partial charge on any atom is -0.476 e. The van der Waals surface area contributed by atoms with Gasteiger partial charge in [-0.15, -0.1) is 0 Å². The van der Waals surface area contributed by atoms with E-state index in [0.29, 0.717) is 5.39 Å².